The quantitative estimate of drug-likeness (QED) is 0.811. The Morgan fingerprint density at radius 3 is 2.59 bits per heavy atom. The van der Waals surface area contributed by atoms with E-state index in [2.05, 4.69) is 0 Å². The number of rotatable bonds is 3. The predicted molar refractivity (Wildman–Crippen MR) is 83.7 cm³/mol. The van der Waals surface area contributed by atoms with Crippen LogP contribution in [0.25, 0.3) is 6.08 Å². The number of hydrogen-bond donors (Lipinski definition) is 0. The molecule has 0 unspecified atom stereocenters. The minimum atomic E-state index is -0.114. The summed E-state index contributed by atoms with van der Waals surface area (Å²) in [6, 6.07) is 11.0. The summed E-state index contributed by atoms with van der Waals surface area (Å²) in [6.07, 6.45) is 1.69. The van der Waals surface area contributed by atoms with Crippen LogP contribution >= 0.6 is 0 Å². The van der Waals surface area contributed by atoms with E-state index in [9.17, 15) is 4.79 Å². The first kappa shape index (κ1) is 14.2. The highest BCUT2D eigenvalue weighted by molar-refractivity contribution is 6.14. The van der Waals surface area contributed by atoms with Gasteiger partial charge in [-0.2, -0.15) is 0 Å². The van der Waals surface area contributed by atoms with Crippen molar-refractivity contribution in [1.29, 1.82) is 0 Å². The Hall–Kier alpha value is -2.75. The molecule has 0 spiro atoms. The van der Waals surface area contributed by atoms with E-state index in [0.29, 0.717) is 28.6 Å². The van der Waals surface area contributed by atoms with Gasteiger partial charge in [0.05, 0.1) is 19.8 Å². The zero-order chi connectivity index (χ0) is 15.7. The van der Waals surface area contributed by atoms with Gasteiger partial charge in [0.1, 0.15) is 17.2 Å². The standard InChI is InChI=1S/C18H16O4/c1-11-4-7-15-14(8-11)18(19)17(22-15)9-12-5-6-13(20-2)10-16(12)21-3/h4-10H,1-3H3/b17-9-. The molecule has 0 bridgehead atoms. The van der Waals surface area contributed by atoms with Gasteiger partial charge in [-0.3, -0.25) is 4.79 Å². The molecule has 1 aliphatic heterocycles. The Labute approximate surface area is 128 Å². The maximum absolute atomic E-state index is 12.4. The molecule has 2 aromatic rings. The summed E-state index contributed by atoms with van der Waals surface area (Å²) >= 11 is 0. The molecule has 0 fully saturated rings. The minimum absolute atomic E-state index is 0.114. The zero-order valence-corrected chi connectivity index (χ0v) is 12.7. The molecule has 0 atom stereocenters. The molecule has 0 saturated carbocycles. The smallest absolute Gasteiger partial charge is 0.231 e. The number of ether oxygens (including phenoxy) is 3. The molecular weight excluding hydrogens is 280 g/mol. The Bertz CT molecular complexity index is 775. The molecule has 2 aromatic carbocycles. The molecule has 1 heterocycles. The number of methoxy groups -OCH3 is 2. The molecular formula is C18H16O4. The Balaban J connectivity index is 1.99. The summed E-state index contributed by atoms with van der Waals surface area (Å²) in [5.74, 6) is 2.09. The molecule has 3 rings (SSSR count). The molecule has 0 amide bonds. The van der Waals surface area contributed by atoms with Gasteiger partial charge in [-0.25, -0.2) is 0 Å². The summed E-state index contributed by atoms with van der Waals surface area (Å²) in [6.45, 7) is 1.95. The zero-order valence-electron chi connectivity index (χ0n) is 12.7. The van der Waals surface area contributed by atoms with E-state index in [4.69, 9.17) is 14.2 Å². The summed E-state index contributed by atoms with van der Waals surface area (Å²) in [5, 5.41) is 0. The van der Waals surface area contributed by atoms with E-state index in [1.807, 2.05) is 37.3 Å². The van der Waals surface area contributed by atoms with E-state index in [-0.39, 0.29) is 5.78 Å². The summed E-state index contributed by atoms with van der Waals surface area (Å²) < 4.78 is 16.2. The van der Waals surface area contributed by atoms with Crippen molar-refractivity contribution in [3.05, 3.63) is 58.8 Å². The summed E-state index contributed by atoms with van der Waals surface area (Å²) in [7, 11) is 3.17. The SMILES string of the molecule is COc1ccc(/C=C2\Oc3ccc(C)cc3C2=O)c(OC)c1. The topological polar surface area (TPSA) is 44.8 Å². The van der Waals surface area contributed by atoms with Crippen LogP contribution in [0.2, 0.25) is 0 Å². The number of allylic oxidation sites excluding steroid dienone is 1. The van der Waals surface area contributed by atoms with Crippen molar-refractivity contribution in [2.24, 2.45) is 0 Å². The molecule has 0 radical (unpaired) electrons. The third-order valence-electron chi connectivity index (χ3n) is 3.55. The first-order chi connectivity index (χ1) is 10.6. The highest BCUT2D eigenvalue weighted by Gasteiger charge is 2.27. The maximum Gasteiger partial charge on any atom is 0.231 e. The van der Waals surface area contributed by atoms with Crippen LogP contribution in [-0.2, 0) is 0 Å². The number of hydrogen-bond acceptors (Lipinski definition) is 4. The fourth-order valence-corrected chi connectivity index (χ4v) is 2.38. The van der Waals surface area contributed by atoms with Crippen molar-refractivity contribution in [2.75, 3.05) is 14.2 Å². The minimum Gasteiger partial charge on any atom is -0.497 e. The second kappa shape index (κ2) is 5.56. The van der Waals surface area contributed by atoms with Gasteiger partial charge in [0.15, 0.2) is 5.76 Å². The summed E-state index contributed by atoms with van der Waals surface area (Å²) in [5.41, 5.74) is 2.38. The van der Waals surface area contributed by atoms with Crippen molar-refractivity contribution in [1.82, 2.24) is 0 Å². The third kappa shape index (κ3) is 2.44. The summed E-state index contributed by atoms with van der Waals surface area (Å²) in [4.78, 5) is 12.4. The molecule has 112 valence electrons. The van der Waals surface area contributed by atoms with Gasteiger partial charge in [-0.1, -0.05) is 11.6 Å². The Morgan fingerprint density at radius 1 is 1.05 bits per heavy atom. The van der Waals surface area contributed by atoms with Crippen LogP contribution in [0.4, 0.5) is 0 Å². The second-order valence-corrected chi connectivity index (χ2v) is 5.05. The fourth-order valence-electron chi connectivity index (χ4n) is 2.38. The van der Waals surface area contributed by atoms with Gasteiger partial charge in [0.25, 0.3) is 0 Å². The van der Waals surface area contributed by atoms with Gasteiger partial charge >= 0.3 is 0 Å². The predicted octanol–water partition coefficient (Wildman–Crippen LogP) is 3.63. The van der Waals surface area contributed by atoms with Gasteiger partial charge in [-0.05, 0) is 37.3 Å². The van der Waals surface area contributed by atoms with Crippen LogP contribution in [0.1, 0.15) is 21.5 Å². The van der Waals surface area contributed by atoms with E-state index >= 15 is 0 Å². The van der Waals surface area contributed by atoms with Crippen LogP contribution < -0.4 is 14.2 Å². The van der Waals surface area contributed by atoms with Crippen molar-refractivity contribution in [2.45, 2.75) is 6.92 Å². The number of carbonyl (C=O) groups excluding carboxylic acids is 1. The number of aryl methyl sites for hydroxylation is 1. The van der Waals surface area contributed by atoms with Gasteiger partial charge in [-0.15, -0.1) is 0 Å². The number of ketones is 1. The van der Waals surface area contributed by atoms with Crippen LogP contribution in [0.3, 0.4) is 0 Å². The Morgan fingerprint density at radius 2 is 1.86 bits per heavy atom. The van der Waals surface area contributed by atoms with Gasteiger partial charge < -0.3 is 14.2 Å². The average Bonchev–Trinajstić information content (AvgIpc) is 2.84. The van der Waals surface area contributed by atoms with Crippen LogP contribution in [-0.4, -0.2) is 20.0 Å². The molecule has 0 aromatic heterocycles. The van der Waals surface area contributed by atoms with Crippen molar-refractivity contribution in [3.8, 4) is 17.2 Å². The Kier molecular flexibility index (Phi) is 3.59. The average molecular weight is 296 g/mol. The molecule has 0 aliphatic carbocycles. The van der Waals surface area contributed by atoms with E-state index in [1.165, 1.54) is 0 Å². The van der Waals surface area contributed by atoms with E-state index in [0.717, 1.165) is 11.1 Å². The molecule has 22 heavy (non-hydrogen) atoms. The number of benzene rings is 2. The van der Waals surface area contributed by atoms with Gasteiger partial charge in [0, 0.05) is 11.6 Å². The normalized spacial score (nSPS) is 14.7. The van der Waals surface area contributed by atoms with Crippen LogP contribution in [0.15, 0.2) is 42.2 Å². The van der Waals surface area contributed by atoms with Crippen molar-refractivity contribution in [3.63, 3.8) is 0 Å². The lowest BCUT2D eigenvalue weighted by atomic mass is 10.1. The lowest BCUT2D eigenvalue weighted by Crippen LogP contribution is -1.99. The highest BCUT2D eigenvalue weighted by atomic mass is 16.5. The maximum atomic E-state index is 12.4. The monoisotopic (exact) mass is 296 g/mol. The molecule has 4 nitrogen and oxygen atoms in total. The second-order valence-electron chi connectivity index (χ2n) is 5.05. The van der Waals surface area contributed by atoms with Crippen molar-refractivity contribution >= 4 is 11.9 Å². The highest BCUT2D eigenvalue weighted by Crippen LogP contribution is 2.34. The fraction of sp³-hybridized carbons (Fsp3) is 0.167. The lowest BCUT2D eigenvalue weighted by Gasteiger charge is -2.07. The van der Waals surface area contributed by atoms with Crippen molar-refractivity contribution < 1.29 is 19.0 Å². The van der Waals surface area contributed by atoms with Gasteiger partial charge in [0.2, 0.25) is 5.78 Å². The first-order valence-electron chi connectivity index (χ1n) is 6.89. The van der Waals surface area contributed by atoms with Crippen LogP contribution in [0.5, 0.6) is 17.2 Å². The van der Waals surface area contributed by atoms with E-state index < -0.39 is 0 Å². The van der Waals surface area contributed by atoms with E-state index in [1.54, 1.807) is 26.4 Å². The number of carbonyl (C=O) groups is 1. The molecule has 0 saturated heterocycles. The largest absolute Gasteiger partial charge is 0.497 e. The third-order valence-corrected chi connectivity index (χ3v) is 3.55. The number of fused-ring (bicyclic) bond motifs is 1. The van der Waals surface area contributed by atoms with Crippen LogP contribution in [0, 0.1) is 6.92 Å². The molecule has 4 heteroatoms. The lowest BCUT2D eigenvalue weighted by molar-refractivity contribution is 0.101. The molecule has 1 aliphatic rings. The molecule has 0 N–H and O–H groups in total. The first-order valence-corrected chi connectivity index (χ1v) is 6.89. The number of Topliss-reactive ketones (excluding diaryl/α,β-unsaturated/α-hetero) is 1.